The van der Waals surface area contributed by atoms with Gasteiger partial charge in [-0.15, -0.1) is 0 Å². The summed E-state index contributed by atoms with van der Waals surface area (Å²) in [6, 6.07) is 8.66. The van der Waals surface area contributed by atoms with Crippen molar-refractivity contribution < 1.29 is 22.0 Å². The highest BCUT2D eigenvalue weighted by Crippen LogP contribution is 2.35. The maximum atomic E-state index is 13.8. The van der Waals surface area contributed by atoms with Gasteiger partial charge in [0, 0.05) is 5.56 Å². The smallest absolute Gasteiger partial charge is 0.203 e. The normalized spacial score (nSPS) is 11.2. The number of halogens is 5. The van der Waals surface area contributed by atoms with Gasteiger partial charge in [-0.2, -0.15) is 18.4 Å². The van der Waals surface area contributed by atoms with Crippen molar-refractivity contribution in [2.75, 3.05) is 0 Å². The Labute approximate surface area is 110 Å². The van der Waals surface area contributed by atoms with Crippen molar-refractivity contribution in [3.8, 4) is 17.2 Å². The van der Waals surface area contributed by atoms with Crippen LogP contribution in [-0.2, 0) is 6.18 Å². The summed E-state index contributed by atoms with van der Waals surface area (Å²) in [5.41, 5.74) is -1.65. The summed E-state index contributed by atoms with van der Waals surface area (Å²) in [5.74, 6) is -3.53. The molecule has 0 saturated heterocycles. The van der Waals surface area contributed by atoms with Crippen LogP contribution < -0.4 is 0 Å². The molecule has 0 heterocycles. The molecule has 0 fully saturated rings. The minimum Gasteiger partial charge on any atom is -0.203 e. The number of hydrogen-bond acceptors (Lipinski definition) is 1. The topological polar surface area (TPSA) is 23.8 Å². The van der Waals surface area contributed by atoms with E-state index in [2.05, 4.69) is 0 Å². The van der Waals surface area contributed by atoms with Gasteiger partial charge < -0.3 is 0 Å². The minimum absolute atomic E-state index is 0.133. The van der Waals surface area contributed by atoms with Gasteiger partial charge in [0.25, 0.3) is 0 Å². The van der Waals surface area contributed by atoms with Crippen LogP contribution in [0.15, 0.2) is 36.4 Å². The van der Waals surface area contributed by atoms with Crippen molar-refractivity contribution in [3.05, 3.63) is 59.2 Å². The average molecular weight is 283 g/mol. The van der Waals surface area contributed by atoms with E-state index < -0.39 is 23.4 Å². The summed E-state index contributed by atoms with van der Waals surface area (Å²) in [7, 11) is 0. The van der Waals surface area contributed by atoms with E-state index >= 15 is 0 Å². The SMILES string of the molecule is N#Cc1cccc(-c2ccc(C(F)(F)F)c(F)c2F)c1. The molecule has 0 amide bonds. The molecule has 20 heavy (non-hydrogen) atoms. The number of alkyl halides is 3. The van der Waals surface area contributed by atoms with Crippen molar-refractivity contribution in [1.82, 2.24) is 0 Å². The highest BCUT2D eigenvalue weighted by Gasteiger charge is 2.36. The fourth-order valence-corrected chi connectivity index (χ4v) is 1.75. The molecule has 2 rings (SSSR count). The molecular formula is C14H6F5N. The summed E-state index contributed by atoms with van der Waals surface area (Å²) >= 11 is 0. The van der Waals surface area contributed by atoms with Crippen molar-refractivity contribution in [3.63, 3.8) is 0 Å². The monoisotopic (exact) mass is 283 g/mol. The second-order valence-corrected chi connectivity index (χ2v) is 3.98. The Morgan fingerprint density at radius 2 is 1.65 bits per heavy atom. The van der Waals surface area contributed by atoms with Crippen LogP contribution in [0.4, 0.5) is 22.0 Å². The molecule has 2 aromatic rings. The Morgan fingerprint density at radius 3 is 2.25 bits per heavy atom. The number of hydrogen-bond donors (Lipinski definition) is 0. The van der Waals surface area contributed by atoms with Crippen LogP contribution in [-0.4, -0.2) is 0 Å². The summed E-state index contributed by atoms with van der Waals surface area (Å²) in [5, 5.41) is 8.72. The predicted molar refractivity (Wildman–Crippen MR) is 61.5 cm³/mol. The van der Waals surface area contributed by atoms with E-state index in [1.807, 2.05) is 6.07 Å². The van der Waals surface area contributed by atoms with Crippen molar-refractivity contribution in [1.29, 1.82) is 5.26 Å². The first-order chi connectivity index (χ1) is 9.34. The number of benzene rings is 2. The van der Waals surface area contributed by atoms with Crippen LogP contribution in [0.25, 0.3) is 11.1 Å². The lowest BCUT2D eigenvalue weighted by Gasteiger charge is -2.11. The molecule has 102 valence electrons. The van der Waals surface area contributed by atoms with Crippen LogP contribution in [0.3, 0.4) is 0 Å². The Kier molecular flexibility index (Phi) is 3.45. The summed E-state index contributed by atoms with van der Waals surface area (Å²) in [6.45, 7) is 0. The van der Waals surface area contributed by atoms with E-state index in [9.17, 15) is 22.0 Å². The number of nitrogens with zero attached hydrogens (tertiary/aromatic N) is 1. The number of nitriles is 1. The average Bonchev–Trinajstić information content (AvgIpc) is 2.40. The van der Waals surface area contributed by atoms with E-state index in [1.165, 1.54) is 24.3 Å². The van der Waals surface area contributed by atoms with E-state index in [1.54, 1.807) is 0 Å². The van der Waals surface area contributed by atoms with Gasteiger partial charge in [0.2, 0.25) is 0 Å². The van der Waals surface area contributed by atoms with E-state index in [0.717, 1.165) is 6.07 Å². The van der Waals surface area contributed by atoms with E-state index in [4.69, 9.17) is 5.26 Å². The zero-order valence-corrected chi connectivity index (χ0v) is 9.80. The maximum absolute atomic E-state index is 13.8. The molecule has 0 N–H and O–H groups in total. The molecule has 1 nitrogen and oxygen atoms in total. The van der Waals surface area contributed by atoms with Gasteiger partial charge in [-0.05, 0) is 23.8 Å². The van der Waals surface area contributed by atoms with E-state index in [-0.39, 0.29) is 16.7 Å². The van der Waals surface area contributed by atoms with Crippen molar-refractivity contribution in [2.45, 2.75) is 6.18 Å². The first kappa shape index (κ1) is 14.0. The third-order valence-electron chi connectivity index (χ3n) is 2.69. The zero-order valence-electron chi connectivity index (χ0n) is 9.80. The lowest BCUT2D eigenvalue weighted by atomic mass is 10.0. The van der Waals surface area contributed by atoms with Gasteiger partial charge in [0.05, 0.1) is 17.2 Å². The van der Waals surface area contributed by atoms with Crippen LogP contribution in [0, 0.1) is 23.0 Å². The molecule has 2 aromatic carbocycles. The lowest BCUT2D eigenvalue weighted by Crippen LogP contribution is -2.10. The van der Waals surface area contributed by atoms with Gasteiger partial charge in [-0.25, -0.2) is 8.78 Å². The highest BCUT2D eigenvalue weighted by atomic mass is 19.4. The Balaban J connectivity index is 2.60. The molecule has 6 heteroatoms. The second-order valence-electron chi connectivity index (χ2n) is 3.98. The Hall–Kier alpha value is -2.42. The van der Waals surface area contributed by atoms with Crippen molar-refractivity contribution >= 4 is 0 Å². The first-order valence-corrected chi connectivity index (χ1v) is 5.40. The molecule has 0 unspecified atom stereocenters. The van der Waals surface area contributed by atoms with Crippen LogP contribution >= 0.6 is 0 Å². The molecule has 0 aliphatic rings. The molecule has 0 aliphatic carbocycles. The largest absolute Gasteiger partial charge is 0.419 e. The zero-order chi connectivity index (χ0) is 14.9. The Bertz CT molecular complexity index is 698. The third-order valence-corrected chi connectivity index (χ3v) is 2.69. The van der Waals surface area contributed by atoms with Gasteiger partial charge >= 0.3 is 6.18 Å². The van der Waals surface area contributed by atoms with Gasteiger partial charge in [0.1, 0.15) is 0 Å². The maximum Gasteiger partial charge on any atom is 0.419 e. The molecule has 0 bridgehead atoms. The molecular weight excluding hydrogens is 277 g/mol. The standard InChI is InChI=1S/C14H6F5N/c15-12-10(9-3-1-2-8(6-9)7-20)4-5-11(13(12)16)14(17,18)19/h1-6H. The summed E-state index contributed by atoms with van der Waals surface area (Å²) < 4.78 is 64.5. The van der Waals surface area contributed by atoms with Crippen LogP contribution in [0.2, 0.25) is 0 Å². The van der Waals surface area contributed by atoms with Crippen LogP contribution in [0.5, 0.6) is 0 Å². The Morgan fingerprint density at radius 1 is 0.950 bits per heavy atom. The molecule has 0 saturated carbocycles. The molecule has 0 radical (unpaired) electrons. The van der Waals surface area contributed by atoms with Gasteiger partial charge in [-0.3, -0.25) is 0 Å². The molecule has 0 spiro atoms. The number of rotatable bonds is 1. The summed E-state index contributed by atoms with van der Waals surface area (Å²) in [4.78, 5) is 0. The second kappa shape index (κ2) is 4.93. The van der Waals surface area contributed by atoms with Crippen LogP contribution in [0.1, 0.15) is 11.1 Å². The quantitative estimate of drug-likeness (QED) is 0.706. The predicted octanol–water partition coefficient (Wildman–Crippen LogP) is 4.52. The van der Waals surface area contributed by atoms with Crippen molar-refractivity contribution in [2.24, 2.45) is 0 Å². The first-order valence-electron chi connectivity index (χ1n) is 5.40. The van der Waals surface area contributed by atoms with Gasteiger partial charge in [-0.1, -0.05) is 18.2 Å². The van der Waals surface area contributed by atoms with Gasteiger partial charge in [0.15, 0.2) is 11.6 Å². The third kappa shape index (κ3) is 2.48. The summed E-state index contributed by atoms with van der Waals surface area (Å²) in [6.07, 6.45) is -4.96. The molecule has 0 atom stereocenters. The van der Waals surface area contributed by atoms with E-state index in [0.29, 0.717) is 6.07 Å². The lowest BCUT2D eigenvalue weighted by molar-refractivity contribution is -0.140. The minimum atomic E-state index is -4.96. The molecule has 0 aliphatic heterocycles. The highest BCUT2D eigenvalue weighted by molar-refractivity contribution is 5.66. The fourth-order valence-electron chi connectivity index (χ4n) is 1.75. The fraction of sp³-hybridized carbons (Fsp3) is 0.0714. The molecule has 0 aromatic heterocycles.